The number of carbonyl (C=O) groups excluding carboxylic acids is 1. The van der Waals surface area contributed by atoms with E-state index >= 15 is 0 Å². The highest BCUT2D eigenvalue weighted by Crippen LogP contribution is 2.23. The molecule has 0 bridgehead atoms. The zero-order valence-corrected chi connectivity index (χ0v) is 19.3. The number of piperazine rings is 1. The minimum Gasteiger partial charge on any atom is -0.494 e. The average Bonchev–Trinajstić information content (AvgIpc) is 2.73. The van der Waals surface area contributed by atoms with E-state index in [1.807, 2.05) is 31.2 Å². The number of thioether (sulfide) groups is 1. The molecule has 29 heavy (non-hydrogen) atoms. The third-order valence-electron chi connectivity index (χ3n) is 4.54. The molecule has 0 saturated carbocycles. The van der Waals surface area contributed by atoms with Crippen LogP contribution in [0.3, 0.4) is 0 Å². The number of carbonyl (C=O) groups is 1. The first-order valence-electron chi connectivity index (χ1n) is 9.29. The normalized spacial score (nSPS) is 15.3. The molecule has 1 heterocycles. The molecule has 0 atom stereocenters. The Kier molecular flexibility index (Phi) is 7.61. The highest BCUT2D eigenvalue weighted by Gasteiger charge is 2.30. The van der Waals surface area contributed by atoms with E-state index in [1.165, 1.54) is 16.1 Å². The van der Waals surface area contributed by atoms with Crippen molar-refractivity contribution in [2.45, 2.75) is 16.7 Å². The molecule has 0 spiro atoms. The highest BCUT2D eigenvalue weighted by molar-refractivity contribution is 9.10. The van der Waals surface area contributed by atoms with E-state index in [0.717, 1.165) is 15.1 Å². The fourth-order valence-corrected chi connectivity index (χ4v) is 5.46. The van der Waals surface area contributed by atoms with Crippen LogP contribution in [0.1, 0.15) is 6.92 Å². The zero-order valence-electron chi connectivity index (χ0n) is 16.1. The van der Waals surface area contributed by atoms with Crippen molar-refractivity contribution in [2.24, 2.45) is 0 Å². The minimum absolute atomic E-state index is 0.0181. The van der Waals surface area contributed by atoms with Crippen LogP contribution in [0.25, 0.3) is 0 Å². The summed E-state index contributed by atoms with van der Waals surface area (Å²) in [4.78, 5) is 15.5. The lowest BCUT2D eigenvalue weighted by Gasteiger charge is -2.34. The molecule has 1 fully saturated rings. The summed E-state index contributed by atoms with van der Waals surface area (Å²) in [6, 6.07) is 14.3. The van der Waals surface area contributed by atoms with Crippen LogP contribution in [0.15, 0.2) is 62.8 Å². The maximum Gasteiger partial charge on any atom is 0.243 e. The number of halogens is 1. The third-order valence-corrected chi connectivity index (χ3v) is 7.98. The van der Waals surface area contributed by atoms with E-state index in [1.54, 1.807) is 29.2 Å². The molecule has 9 heteroatoms. The van der Waals surface area contributed by atoms with Gasteiger partial charge in [0.05, 0.1) is 17.3 Å². The number of sulfonamides is 1. The summed E-state index contributed by atoms with van der Waals surface area (Å²) in [5.41, 5.74) is 0. The molecule has 0 unspecified atom stereocenters. The van der Waals surface area contributed by atoms with E-state index in [2.05, 4.69) is 15.9 Å². The molecule has 0 N–H and O–H groups in total. The van der Waals surface area contributed by atoms with Gasteiger partial charge in [-0.15, -0.1) is 11.8 Å². The predicted octanol–water partition coefficient (Wildman–Crippen LogP) is 3.47. The Morgan fingerprint density at radius 3 is 2.24 bits per heavy atom. The second-order valence-corrected chi connectivity index (χ2v) is 10.3. The summed E-state index contributed by atoms with van der Waals surface area (Å²) in [6.07, 6.45) is 0. The smallest absolute Gasteiger partial charge is 0.243 e. The zero-order chi connectivity index (χ0) is 20.9. The summed E-state index contributed by atoms with van der Waals surface area (Å²) in [6.45, 7) is 3.96. The Morgan fingerprint density at radius 2 is 1.66 bits per heavy atom. The van der Waals surface area contributed by atoms with Gasteiger partial charge in [-0.25, -0.2) is 8.42 Å². The Labute approximate surface area is 184 Å². The first kappa shape index (κ1) is 22.1. The number of rotatable bonds is 7. The average molecular weight is 499 g/mol. The van der Waals surface area contributed by atoms with Gasteiger partial charge in [-0.05, 0) is 55.5 Å². The molecule has 2 aromatic rings. The summed E-state index contributed by atoms with van der Waals surface area (Å²) in [5.74, 6) is 1.16. The molecule has 1 aliphatic rings. The molecule has 1 aliphatic heterocycles. The van der Waals surface area contributed by atoms with Gasteiger partial charge < -0.3 is 9.64 Å². The van der Waals surface area contributed by atoms with Gasteiger partial charge in [-0.1, -0.05) is 15.9 Å². The second-order valence-electron chi connectivity index (χ2n) is 6.43. The van der Waals surface area contributed by atoms with E-state index in [9.17, 15) is 13.2 Å². The second kappa shape index (κ2) is 9.97. The van der Waals surface area contributed by atoms with Crippen LogP contribution in [0, 0.1) is 0 Å². The minimum atomic E-state index is -3.53. The van der Waals surface area contributed by atoms with Crippen molar-refractivity contribution < 1.29 is 17.9 Å². The molecular weight excluding hydrogens is 476 g/mol. The van der Waals surface area contributed by atoms with Crippen molar-refractivity contribution in [3.8, 4) is 5.75 Å². The van der Waals surface area contributed by atoms with Gasteiger partial charge in [0.15, 0.2) is 0 Å². The van der Waals surface area contributed by atoms with Gasteiger partial charge in [0.25, 0.3) is 0 Å². The summed E-state index contributed by atoms with van der Waals surface area (Å²) in [5, 5.41) is 0. The van der Waals surface area contributed by atoms with Crippen LogP contribution in [0.2, 0.25) is 0 Å². The monoisotopic (exact) mass is 498 g/mol. The lowest BCUT2D eigenvalue weighted by atomic mass is 10.3. The van der Waals surface area contributed by atoms with Gasteiger partial charge in [0.1, 0.15) is 5.75 Å². The quantitative estimate of drug-likeness (QED) is 0.546. The van der Waals surface area contributed by atoms with Crippen molar-refractivity contribution in [1.82, 2.24) is 9.21 Å². The SMILES string of the molecule is CCOc1ccc(SCC(=O)N2CCN(S(=O)(=O)c3ccc(Br)cc3)CC2)cc1. The number of benzene rings is 2. The molecule has 0 aromatic heterocycles. The molecule has 0 radical (unpaired) electrons. The van der Waals surface area contributed by atoms with E-state index < -0.39 is 10.0 Å². The van der Waals surface area contributed by atoms with Crippen molar-refractivity contribution in [1.29, 1.82) is 0 Å². The highest BCUT2D eigenvalue weighted by atomic mass is 79.9. The van der Waals surface area contributed by atoms with E-state index in [4.69, 9.17) is 4.74 Å². The Morgan fingerprint density at radius 1 is 1.03 bits per heavy atom. The molecule has 2 aromatic carbocycles. The van der Waals surface area contributed by atoms with Crippen molar-refractivity contribution in [3.05, 3.63) is 53.0 Å². The van der Waals surface area contributed by atoms with E-state index in [-0.39, 0.29) is 10.8 Å². The molecular formula is C20H23BrN2O4S2. The van der Waals surface area contributed by atoms with Gasteiger partial charge in [0.2, 0.25) is 15.9 Å². The molecule has 3 rings (SSSR count). The molecule has 1 saturated heterocycles. The van der Waals surface area contributed by atoms with Crippen LogP contribution in [0.5, 0.6) is 5.75 Å². The Hall–Kier alpha value is -1.55. The van der Waals surface area contributed by atoms with Crippen LogP contribution >= 0.6 is 27.7 Å². The summed E-state index contributed by atoms with van der Waals surface area (Å²) < 4.78 is 33.2. The van der Waals surface area contributed by atoms with E-state index in [0.29, 0.717) is 38.5 Å². The van der Waals surface area contributed by atoms with Crippen LogP contribution in [-0.2, 0) is 14.8 Å². The van der Waals surface area contributed by atoms with Crippen LogP contribution < -0.4 is 4.74 Å². The van der Waals surface area contributed by atoms with Crippen molar-refractivity contribution in [2.75, 3.05) is 38.5 Å². The fourth-order valence-electron chi connectivity index (χ4n) is 2.97. The van der Waals surface area contributed by atoms with Gasteiger partial charge in [-0.3, -0.25) is 4.79 Å². The number of nitrogens with zero attached hydrogens (tertiary/aromatic N) is 2. The molecule has 1 amide bonds. The van der Waals surface area contributed by atoms with Crippen LogP contribution in [-0.4, -0.2) is 62.1 Å². The summed E-state index contributed by atoms with van der Waals surface area (Å²) in [7, 11) is -3.53. The van der Waals surface area contributed by atoms with Crippen LogP contribution in [0.4, 0.5) is 0 Å². The van der Waals surface area contributed by atoms with Crippen molar-refractivity contribution >= 4 is 43.6 Å². The maximum absolute atomic E-state index is 12.8. The lowest BCUT2D eigenvalue weighted by Crippen LogP contribution is -2.50. The number of hydrogen-bond acceptors (Lipinski definition) is 5. The maximum atomic E-state index is 12.8. The summed E-state index contributed by atoms with van der Waals surface area (Å²) >= 11 is 4.78. The van der Waals surface area contributed by atoms with Gasteiger partial charge in [0, 0.05) is 35.5 Å². The first-order valence-corrected chi connectivity index (χ1v) is 12.5. The largest absolute Gasteiger partial charge is 0.494 e. The standard InChI is InChI=1S/C20H23BrN2O4S2/c1-2-27-17-5-7-18(8-6-17)28-15-20(24)22-11-13-23(14-12-22)29(25,26)19-9-3-16(21)4-10-19/h3-10H,2,11-15H2,1H3. The molecule has 0 aliphatic carbocycles. The van der Waals surface area contributed by atoms with Gasteiger partial charge >= 0.3 is 0 Å². The molecule has 6 nitrogen and oxygen atoms in total. The fraction of sp³-hybridized carbons (Fsp3) is 0.350. The third kappa shape index (κ3) is 5.75. The molecule has 156 valence electrons. The Balaban J connectivity index is 1.50. The van der Waals surface area contributed by atoms with Crippen molar-refractivity contribution in [3.63, 3.8) is 0 Å². The van der Waals surface area contributed by atoms with Gasteiger partial charge in [-0.2, -0.15) is 4.31 Å². The predicted molar refractivity (Wildman–Crippen MR) is 118 cm³/mol. The number of amides is 1. The Bertz CT molecular complexity index is 926. The lowest BCUT2D eigenvalue weighted by molar-refractivity contribution is -0.129. The first-order chi connectivity index (χ1) is 13.9. The number of ether oxygens (including phenoxy) is 1. The topological polar surface area (TPSA) is 66.9 Å². The number of hydrogen-bond donors (Lipinski definition) is 0.